The molecule has 1 aliphatic rings. The Balaban J connectivity index is 2.56. The van der Waals surface area contributed by atoms with Gasteiger partial charge in [-0.2, -0.15) is 0 Å². The van der Waals surface area contributed by atoms with Crippen LogP contribution < -0.4 is 5.32 Å². The van der Waals surface area contributed by atoms with Crippen LogP contribution in [0.5, 0.6) is 0 Å². The fourth-order valence-corrected chi connectivity index (χ4v) is 2.68. The minimum Gasteiger partial charge on any atom is -0.481 e. The molecule has 1 heterocycles. The molecule has 1 aliphatic heterocycles. The molecular formula is C14H26N2O5. The normalized spacial score (nSPS) is 21.7. The van der Waals surface area contributed by atoms with Crippen LogP contribution in [0.1, 0.15) is 34.1 Å². The molecule has 1 fully saturated rings. The predicted octanol–water partition coefficient (Wildman–Crippen LogP) is 1.08. The number of morpholine rings is 1. The standard InChI is InChI=1S/C14H26N2O5/c1-13(2)8-16(9-14(3,4)21-13)12(19)15-7-10(20-5)6-11(17)18/h10H,6-9H2,1-5H3,(H,15,19)(H,17,18). The molecule has 1 rings (SSSR count). The molecule has 0 aromatic rings. The predicted molar refractivity (Wildman–Crippen MR) is 77.3 cm³/mol. The van der Waals surface area contributed by atoms with Gasteiger partial charge in [0.2, 0.25) is 0 Å². The van der Waals surface area contributed by atoms with E-state index in [4.69, 9.17) is 14.6 Å². The molecule has 0 aromatic carbocycles. The minimum absolute atomic E-state index is 0.142. The number of carbonyl (C=O) groups excluding carboxylic acids is 1. The molecule has 2 amide bonds. The van der Waals surface area contributed by atoms with Crippen molar-refractivity contribution < 1.29 is 24.2 Å². The molecule has 122 valence electrons. The Kier molecular flexibility index (Phi) is 5.58. The largest absolute Gasteiger partial charge is 0.481 e. The quantitative estimate of drug-likeness (QED) is 0.793. The zero-order valence-electron chi connectivity index (χ0n) is 13.4. The van der Waals surface area contributed by atoms with Crippen molar-refractivity contribution in [1.82, 2.24) is 10.2 Å². The number of methoxy groups -OCH3 is 1. The van der Waals surface area contributed by atoms with E-state index in [0.717, 1.165) is 0 Å². The number of urea groups is 1. The molecule has 0 spiro atoms. The van der Waals surface area contributed by atoms with Crippen molar-refractivity contribution in [2.24, 2.45) is 0 Å². The van der Waals surface area contributed by atoms with E-state index >= 15 is 0 Å². The van der Waals surface area contributed by atoms with Gasteiger partial charge in [-0.05, 0) is 27.7 Å². The van der Waals surface area contributed by atoms with Crippen LogP contribution in [0.2, 0.25) is 0 Å². The SMILES string of the molecule is COC(CNC(=O)N1CC(C)(C)OC(C)(C)C1)CC(=O)O. The highest BCUT2D eigenvalue weighted by Crippen LogP contribution is 2.27. The van der Waals surface area contributed by atoms with Gasteiger partial charge in [-0.25, -0.2) is 4.79 Å². The van der Waals surface area contributed by atoms with Gasteiger partial charge in [-0.1, -0.05) is 0 Å². The minimum atomic E-state index is -0.954. The summed E-state index contributed by atoms with van der Waals surface area (Å²) >= 11 is 0. The Morgan fingerprint density at radius 1 is 1.29 bits per heavy atom. The van der Waals surface area contributed by atoms with Crippen molar-refractivity contribution in [2.45, 2.75) is 51.4 Å². The topological polar surface area (TPSA) is 88.1 Å². The third-order valence-corrected chi connectivity index (χ3v) is 3.20. The summed E-state index contributed by atoms with van der Waals surface area (Å²) in [6.45, 7) is 8.90. The van der Waals surface area contributed by atoms with E-state index < -0.39 is 23.3 Å². The van der Waals surface area contributed by atoms with Gasteiger partial charge in [-0.3, -0.25) is 4.79 Å². The number of amides is 2. The van der Waals surface area contributed by atoms with Crippen LogP contribution >= 0.6 is 0 Å². The van der Waals surface area contributed by atoms with Gasteiger partial charge in [0.1, 0.15) is 0 Å². The summed E-state index contributed by atoms with van der Waals surface area (Å²) in [5.41, 5.74) is -0.832. The lowest BCUT2D eigenvalue weighted by molar-refractivity contribution is -0.170. The second-order valence-corrected chi connectivity index (χ2v) is 6.62. The first-order chi connectivity index (χ1) is 9.54. The van der Waals surface area contributed by atoms with Crippen molar-refractivity contribution in [1.29, 1.82) is 0 Å². The summed E-state index contributed by atoms with van der Waals surface area (Å²) in [4.78, 5) is 24.6. The monoisotopic (exact) mass is 302 g/mol. The molecule has 21 heavy (non-hydrogen) atoms. The molecule has 0 radical (unpaired) electrons. The van der Waals surface area contributed by atoms with Gasteiger partial charge < -0.3 is 24.8 Å². The number of carboxylic acids is 1. The fourth-order valence-electron chi connectivity index (χ4n) is 2.68. The lowest BCUT2D eigenvalue weighted by Crippen LogP contribution is -2.60. The number of hydrogen-bond donors (Lipinski definition) is 2. The molecular weight excluding hydrogens is 276 g/mol. The van der Waals surface area contributed by atoms with Crippen LogP contribution in [0.4, 0.5) is 4.79 Å². The summed E-state index contributed by atoms with van der Waals surface area (Å²) in [5, 5.41) is 11.5. The molecule has 0 aromatic heterocycles. The molecule has 7 nitrogen and oxygen atoms in total. The van der Waals surface area contributed by atoms with Gasteiger partial charge in [0.15, 0.2) is 0 Å². The Morgan fingerprint density at radius 2 is 1.81 bits per heavy atom. The first kappa shape index (κ1) is 17.7. The maximum Gasteiger partial charge on any atom is 0.317 e. The smallest absolute Gasteiger partial charge is 0.317 e. The van der Waals surface area contributed by atoms with E-state index in [0.29, 0.717) is 13.1 Å². The van der Waals surface area contributed by atoms with Crippen LogP contribution in [-0.4, -0.2) is 66.1 Å². The lowest BCUT2D eigenvalue weighted by atomic mass is 9.99. The Morgan fingerprint density at radius 3 is 2.24 bits per heavy atom. The summed E-state index contributed by atoms with van der Waals surface area (Å²) in [6, 6.07) is -0.230. The Bertz CT molecular complexity index is 379. The van der Waals surface area contributed by atoms with E-state index in [1.165, 1.54) is 7.11 Å². The number of carboxylic acid groups (broad SMARTS) is 1. The average Bonchev–Trinajstić information content (AvgIpc) is 2.29. The highest BCUT2D eigenvalue weighted by Gasteiger charge is 2.40. The van der Waals surface area contributed by atoms with Crippen LogP contribution in [0.15, 0.2) is 0 Å². The number of hydrogen-bond acceptors (Lipinski definition) is 4. The van der Waals surface area contributed by atoms with Crippen molar-refractivity contribution in [3.8, 4) is 0 Å². The fraction of sp³-hybridized carbons (Fsp3) is 0.857. The summed E-state index contributed by atoms with van der Waals surface area (Å²) < 4.78 is 11.0. The summed E-state index contributed by atoms with van der Waals surface area (Å²) in [6.07, 6.45) is -0.676. The number of ether oxygens (including phenoxy) is 2. The Labute approximate surface area is 125 Å². The van der Waals surface area contributed by atoms with Crippen LogP contribution in [0.25, 0.3) is 0 Å². The first-order valence-electron chi connectivity index (χ1n) is 7.02. The van der Waals surface area contributed by atoms with E-state index in [1.54, 1.807) is 4.90 Å². The van der Waals surface area contributed by atoms with Crippen LogP contribution in [0.3, 0.4) is 0 Å². The number of aliphatic carboxylic acids is 1. The molecule has 0 saturated carbocycles. The maximum atomic E-state index is 12.2. The van der Waals surface area contributed by atoms with Gasteiger partial charge in [0.05, 0.1) is 36.8 Å². The molecule has 7 heteroatoms. The summed E-state index contributed by atoms with van der Waals surface area (Å²) in [5.74, 6) is -0.954. The van der Waals surface area contributed by atoms with Crippen molar-refractivity contribution >= 4 is 12.0 Å². The lowest BCUT2D eigenvalue weighted by Gasteiger charge is -2.47. The van der Waals surface area contributed by atoms with Crippen molar-refractivity contribution in [2.75, 3.05) is 26.7 Å². The zero-order chi connectivity index (χ0) is 16.3. The van der Waals surface area contributed by atoms with Gasteiger partial charge >= 0.3 is 12.0 Å². The third-order valence-electron chi connectivity index (χ3n) is 3.20. The number of carbonyl (C=O) groups is 2. The van der Waals surface area contributed by atoms with Gasteiger partial charge in [0.25, 0.3) is 0 Å². The van der Waals surface area contributed by atoms with Gasteiger partial charge in [-0.15, -0.1) is 0 Å². The van der Waals surface area contributed by atoms with Crippen molar-refractivity contribution in [3.63, 3.8) is 0 Å². The van der Waals surface area contributed by atoms with E-state index in [2.05, 4.69) is 5.32 Å². The summed E-state index contributed by atoms with van der Waals surface area (Å²) in [7, 11) is 1.43. The molecule has 1 saturated heterocycles. The molecule has 0 aliphatic carbocycles. The van der Waals surface area contributed by atoms with E-state index in [1.807, 2.05) is 27.7 Å². The molecule has 0 bridgehead atoms. The highest BCUT2D eigenvalue weighted by atomic mass is 16.5. The van der Waals surface area contributed by atoms with Gasteiger partial charge in [0, 0.05) is 13.7 Å². The number of nitrogens with one attached hydrogen (secondary N) is 1. The second-order valence-electron chi connectivity index (χ2n) is 6.62. The van der Waals surface area contributed by atoms with E-state index in [9.17, 15) is 9.59 Å². The second kappa shape index (κ2) is 6.62. The maximum absolute atomic E-state index is 12.2. The van der Waals surface area contributed by atoms with Crippen LogP contribution in [-0.2, 0) is 14.3 Å². The average molecular weight is 302 g/mol. The van der Waals surface area contributed by atoms with Crippen LogP contribution in [0, 0.1) is 0 Å². The van der Waals surface area contributed by atoms with E-state index in [-0.39, 0.29) is 19.0 Å². The number of rotatable bonds is 5. The Hall–Kier alpha value is -1.34. The number of nitrogens with zero attached hydrogens (tertiary/aromatic N) is 1. The highest BCUT2D eigenvalue weighted by molar-refractivity contribution is 5.74. The first-order valence-corrected chi connectivity index (χ1v) is 7.02. The molecule has 1 atom stereocenters. The zero-order valence-corrected chi connectivity index (χ0v) is 13.4. The van der Waals surface area contributed by atoms with Crippen molar-refractivity contribution in [3.05, 3.63) is 0 Å². The molecule has 1 unspecified atom stereocenters. The third kappa shape index (κ3) is 5.89. The molecule has 2 N–H and O–H groups in total.